The van der Waals surface area contributed by atoms with E-state index in [1.165, 1.54) is 19.3 Å². The van der Waals surface area contributed by atoms with E-state index in [0.29, 0.717) is 29.4 Å². The van der Waals surface area contributed by atoms with Crippen molar-refractivity contribution in [3.05, 3.63) is 0 Å². The van der Waals surface area contributed by atoms with Gasteiger partial charge in [0.25, 0.3) is 0 Å². The van der Waals surface area contributed by atoms with Crippen molar-refractivity contribution in [1.29, 1.82) is 0 Å². The molecule has 1 N–H and O–H groups in total. The lowest BCUT2D eigenvalue weighted by Crippen LogP contribution is -2.52. The number of likely N-dealkylation sites (tertiary alicyclic amines) is 1. The van der Waals surface area contributed by atoms with E-state index in [1.54, 1.807) is 0 Å². The smallest absolute Gasteiger partial charge is 0.225 e. The zero-order valence-corrected chi connectivity index (χ0v) is 14.8. The molecule has 0 aromatic heterocycles. The fourth-order valence-corrected chi connectivity index (χ4v) is 5.05. The van der Waals surface area contributed by atoms with Crippen LogP contribution in [0.4, 0.5) is 0 Å². The Kier molecular flexibility index (Phi) is 5.11. The summed E-state index contributed by atoms with van der Waals surface area (Å²) in [5.74, 6) is 0.712. The van der Waals surface area contributed by atoms with Crippen LogP contribution in [0.25, 0.3) is 0 Å². The van der Waals surface area contributed by atoms with Crippen LogP contribution in [0.3, 0.4) is 0 Å². The van der Waals surface area contributed by atoms with E-state index in [0.717, 1.165) is 71.5 Å². The Labute approximate surface area is 145 Å². The van der Waals surface area contributed by atoms with Crippen LogP contribution in [0, 0.1) is 11.3 Å². The second-order valence-electron chi connectivity index (χ2n) is 8.35. The van der Waals surface area contributed by atoms with E-state index >= 15 is 0 Å². The summed E-state index contributed by atoms with van der Waals surface area (Å²) < 4.78 is 11.6. The number of ether oxygens (including phenoxy) is 2. The molecule has 136 valence electrons. The van der Waals surface area contributed by atoms with Gasteiger partial charge in [-0.15, -0.1) is 0 Å². The molecule has 1 spiro atoms. The van der Waals surface area contributed by atoms with Gasteiger partial charge in [-0.2, -0.15) is 0 Å². The molecule has 0 aromatic carbocycles. The van der Waals surface area contributed by atoms with Crippen LogP contribution in [-0.2, 0) is 14.3 Å². The van der Waals surface area contributed by atoms with Gasteiger partial charge in [0, 0.05) is 25.6 Å². The number of rotatable bonds is 4. The number of carbonyl (C=O) groups excluding carboxylic acids is 1. The molecule has 3 saturated heterocycles. The molecule has 0 bridgehead atoms. The van der Waals surface area contributed by atoms with Gasteiger partial charge in [0.2, 0.25) is 5.91 Å². The zero-order valence-electron chi connectivity index (χ0n) is 14.8. The second kappa shape index (κ2) is 7.30. The molecule has 1 aliphatic carbocycles. The monoisotopic (exact) mass is 336 g/mol. The van der Waals surface area contributed by atoms with E-state index in [-0.39, 0.29) is 0 Å². The van der Waals surface area contributed by atoms with Gasteiger partial charge in [-0.3, -0.25) is 4.79 Å². The maximum atomic E-state index is 12.7. The lowest BCUT2D eigenvalue weighted by Gasteiger charge is -2.51. The molecule has 1 unspecified atom stereocenters. The van der Waals surface area contributed by atoms with E-state index in [1.807, 2.05) is 0 Å². The molecule has 3 aliphatic heterocycles. The van der Waals surface area contributed by atoms with E-state index in [2.05, 4.69) is 10.2 Å². The Hall–Kier alpha value is -0.650. The third-order valence-electron chi connectivity index (χ3n) is 6.67. The second-order valence-corrected chi connectivity index (χ2v) is 8.35. The first kappa shape index (κ1) is 16.8. The topological polar surface area (TPSA) is 50.8 Å². The number of hydrogen-bond acceptors (Lipinski definition) is 4. The molecule has 5 nitrogen and oxygen atoms in total. The first-order valence-electron chi connectivity index (χ1n) is 9.97. The van der Waals surface area contributed by atoms with Crippen LogP contribution in [0.5, 0.6) is 0 Å². The Balaban J connectivity index is 1.17. The average Bonchev–Trinajstić information content (AvgIpc) is 3.12. The molecule has 4 aliphatic rings. The Morgan fingerprint density at radius 2 is 1.92 bits per heavy atom. The van der Waals surface area contributed by atoms with Gasteiger partial charge in [0.1, 0.15) is 0 Å². The number of nitrogens with one attached hydrogen (secondary N) is 1. The largest absolute Gasteiger partial charge is 0.376 e. The maximum absolute atomic E-state index is 12.7. The van der Waals surface area contributed by atoms with Crippen LogP contribution in [0.1, 0.15) is 51.4 Å². The molecule has 24 heavy (non-hydrogen) atoms. The number of nitrogens with zero attached hydrogens (tertiary/aromatic N) is 1. The SMILES string of the molecule is O=C(C1CC2(CCNCC2)C1)N1CCC(OCC2CCCO2)CC1. The molecular weight excluding hydrogens is 304 g/mol. The molecule has 0 aromatic rings. The molecule has 4 fully saturated rings. The van der Waals surface area contributed by atoms with Gasteiger partial charge in [-0.25, -0.2) is 0 Å². The van der Waals surface area contributed by atoms with Gasteiger partial charge in [0.05, 0.1) is 18.8 Å². The van der Waals surface area contributed by atoms with Crippen LogP contribution in [0.2, 0.25) is 0 Å². The van der Waals surface area contributed by atoms with Crippen molar-refractivity contribution in [3.63, 3.8) is 0 Å². The summed E-state index contributed by atoms with van der Waals surface area (Å²) in [7, 11) is 0. The number of hydrogen-bond donors (Lipinski definition) is 1. The molecule has 1 amide bonds. The molecule has 3 heterocycles. The van der Waals surface area contributed by atoms with E-state index < -0.39 is 0 Å². The van der Waals surface area contributed by atoms with Crippen molar-refractivity contribution in [2.75, 3.05) is 39.4 Å². The Bertz CT molecular complexity index is 428. The van der Waals surface area contributed by atoms with Crippen molar-refractivity contribution in [2.24, 2.45) is 11.3 Å². The Morgan fingerprint density at radius 3 is 2.58 bits per heavy atom. The van der Waals surface area contributed by atoms with Crippen molar-refractivity contribution in [2.45, 2.75) is 63.6 Å². The van der Waals surface area contributed by atoms with Crippen molar-refractivity contribution in [1.82, 2.24) is 10.2 Å². The first-order chi connectivity index (χ1) is 11.7. The minimum atomic E-state index is 0.299. The number of piperidine rings is 2. The van der Waals surface area contributed by atoms with Gasteiger partial charge < -0.3 is 19.7 Å². The van der Waals surface area contributed by atoms with Crippen molar-refractivity contribution >= 4 is 5.91 Å². The highest BCUT2D eigenvalue weighted by atomic mass is 16.5. The third kappa shape index (κ3) is 3.63. The highest BCUT2D eigenvalue weighted by Crippen LogP contribution is 2.52. The molecular formula is C19H32N2O3. The minimum absolute atomic E-state index is 0.299. The number of amides is 1. The highest BCUT2D eigenvalue weighted by Gasteiger charge is 2.48. The summed E-state index contributed by atoms with van der Waals surface area (Å²) in [6.45, 7) is 5.64. The number of carbonyl (C=O) groups is 1. The minimum Gasteiger partial charge on any atom is -0.376 e. The molecule has 5 heteroatoms. The highest BCUT2D eigenvalue weighted by molar-refractivity contribution is 5.80. The van der Waals surface area contributed by atoms with Crippen LogP contribution >= 0.6 is 0 Å². The van der Waals surface area contributed by atoms with Crippen molar-refractivity contribution < 1.29 is 14.3 Å². The standard InChI is InChI=1S/C19H32N2O3/c22-18(15-12-19(13-15)5-7-20-8-6-19)21-9-3-16(4-10-21)24-14-17-2-1-11-23-17/h15-17,20H,1-14H2. The molecule has 1 saturated carbocycles. The van der Waals surface area contributed by atoms with Crippen LogP contribution in [0.15, 0.2) is 0 Å². The maximum Gasteiger partial charge on any atom is 0.225 e. The lowest BCUT2D eigenvalue weighted by atomic mass is 9.57. The zero-order chi connectivity index (χ0) is 16.4. The normalized spacial score (nSPS) is 31.3. The Morgan fingerprint density at radius 1 is 1.17 bits per heavy atom. The molecule has 0 radical (unpaired) electrons. The van der Waals surface area contributed by atoms with Gasteiger partial charge in [-0.1, -0.05) is 0 Å². The van der Waals surface area contributed by atoms with E-state index in [9.17, 15) is 4.79 Å². The lowest BCUT2D eigenvalue weighted by molar-refractivity contribution is -0.147. The average molecular weight is 336 g/mol. The molecule has 4 rings (SSSR count). The fraction of sp³-hybridized carbons (Fsp3) is 0.947. The predicted molar refractivity (Wildman–Crippen MR) is 91.8 cm³/mol. The summed E-state index contributed by atoms with van der Waals surface area (Å²) in [6.07, 6.45) is 9.67. The van der Waals surface area contributed by atoms with E-state index in [4.69, 9.17) is 9.47 Å². The summed E-state index contributed by atoms with van der Waals surface area (Å²) in [4.78, 5) is 14.8. The third-order valence-corrected chi connectivity index (χ3v) is 6.67. The fourth-order valence-electron chi connectivity index (χ4n) is 5.05. The summed E-state index contributed by atoms with van der Waals surface area (Å²) in [5.41, 5.74) is 0.494. The quantitative estimate of drug-likeness (QED) is 0.853. The van der Waals surface area contributed by atoms with Gasteiger partial charge in [0.15, 0.2) is 0 Å². The summed E-state index contributed by atoms with van der Waals surface area (Å²) in [6, 6.07) is 0. The summed E-state index contributed by atoms with van der Waals surface area (Å²) in [5, 5.41) is 3.43. The predicted octanol–water partition coefficient (Wildman–Crippen LogP) is 1.95. The van der Waals surface area contributed by atoms with Gasteiger partial charge >= 0.3 is 0 Å². The summed E-state index contributed by atoms with van der Waals surface area (Å²) >= 11 is 0. The first-order valence-corrected chi connectivity index (χ1v) is 9.97. The molecule has 1 atom stereocenters. The van der Waals surface area contributed by atoms with Crippen LogP contribution in [-0.4, -0.2) is 62.4 Å². The van der Waals surface area contributed by atoms with Crippen LogP contribution < -0.4 is 5.32 Å². The van der Waals surface area contributed by atoms with Gasteiger partial charge in [-0.05, 0) is 69.9 Å². The van der Waals surface area contributed by atoms with Crippen molar-refractivity contribution in [3.8, 4) is 0 Å².